The summed E-state index contributed by atoms with van der Waals surface area (Å²) < 4.78 is 13.0. The van der Waals surface area contributed by atoms with Gasteiger partial charge in [-0.3, -0.25) is 0 Å². The lowest BCUT2D eigenvalue weighted by atomic mass is 10.1. The van der Waals surface area contributed by atoms with E-state index in [0.717, 1.165) is 18.9 Å². The number of rotatable bonds is 3. The lowest BCUT2D eigenvalue weighted by molar-refractivity contribution is 0.369. The summed E-state index contributed by atoms with van der Waals surface area (Å²) in [5.41, 5.74) is 9.46. The Morgan fingerprint density at radius 2 is 1.80 bits per heavy atom. The van der Waals surface area contributed by atoms with Crippen LogP contribution in [0.1, 0.15) is 11.1 Å². The molecule has 0 fully saturated rings. The number of hydrogen-bond acceptors (Lipinski definition) is 3. The first-order valence-corrected chi connectivity index (χ1v) is 6.46. The maximum absolute atomic E-state index is 13.0. The van der Waals surface area contributed by atoms with E-state index in [-0.39, 0.29) is 5.82 Å². The van der Waals surface area contributed by atoms with Crippen LogP contribution in [0, 0.1) is 5.82 Å². The molecule has 1 aliphatic heterocycles. The number of halogens is 1. The molecule has 102 valence electrons. The van der Waals surface area contributed by atoms with Gasteiger partial charge in [-0.05, 0) is 29.3 Å². The van der Waals surface area contributed by atoms with Crippen LogP contribution in [0.15, 0.2) is 54.9 Å². The minimum absolute atomic E-state index is 0.341. The van der Waals surface area contributed by atoms with E-state index in [2.05, 4.69) is 28.9 Å². The molecule has 0 amide bonds. The molecule has 0 radical (unpaired) electrons. The average molecular weight is 269 g/mol. The second-order valence-corrected chi connectivity index (χ2v) is 4.93. The van der Waals surface area contributed by atoms with Gasteiger partial charge in [0.25, 0.3) is 0 Å². The van der Waals surface area contributed by atoms with Crippen molar-refractivity contribution < 1.29 is 4.39 Å². The molecule has 2 aromatic rings. The Balaban J connectivity index is 1.72. The van der Waals surface area contributed by atoms with Gasteiger partial charge in [0.2, 0.25) is 0 Å². The summed E-state index contributed by atoms with van der Waals surface area (Å²) in [4.78, 5) is 2.13. The van der Waals surface area contributed by atoms with Crippen molar-refractivity contribution in [1.29, 1.82) is 0 Å². The largest absolute Gasteiger partial charge is 0.397 e. The Morgan fingerprint density at radius 1 is 1.15 bits per heavy atom. The van der Waals surface area contributed by atoms with Gasteiger partial charge in [0.05, 0.1) is 17.2 Å². The van der Waals surface area contributed by atoms with E-state index in [1.807, 2.05) is 12.1 Å². The molecule has 0 atom stereocenters. The zero-order valence-corrected chi connectivity index (χ0v) is 11.1. The van der Waals surface area contributed by atoms with Crippen molar-refractivity contribution >= 4 is 11.4 Å². The van der Waals surface area contributed by atoms with Gasteiger partial charge in [-0.1, -0.05) is 30.8 Å². The van der Waals surface area contributed by atoms with E-state index in [0.29, 0.717) is 11.4 Å². The average Bonchev–Trinajstić information content (AvgIpc) is 2.86. The van der Waals surface area contributed by atoms with Gasteiger partial charge in [-0.25, -0.2) is 4.39 Å². The van der Waals surface area contributed by atoms with Crippen molar-refractivity contribution in [2.45, 2.75) is 13.1 Å². The molecular weight excluding hydrogens is 253 g/mol. The van der Waals surface area contributed by atoms with E-state index in [4.69, 9.17) is 5.73 Å². The Kier molecular flexibility index (Phi) is 3.06. The van der Waals surface area contributed by atoms with Crippen molar-refractivity contribution in [2.75, 3.05) is 11.1 Å². The molecule has 0 aliphatic carbocycles. The van der Waals surface area contributed by atoms with Crippen molar-refractivity contribution in [2.24, 2.45) is 0 Å². The monoisotopic (exact) mass is 269 g/mol. The Hall–Kier alpha value is -2.49. The van der Waals surface area contributed by atoms with E-state index in [9.17, 15) is 4.39 Å². The lowest BCUT2D eigenvalue weighted by Gasteiger charge is -2.22. The van der Waals surface area contributed by atoms with Crippen LogP contribution in [0.4, 0.5) is 15.8 Å². The van der Waals surface area contributed by atoms with Crippen molar-refractivity contribution in [3.63, 3.8) is 0 Å². The molecule has 0 spiro atoms. The fourth-order valence-corrected chi connectivity index (χ4v) is 2.41. The molecule has 20 heavy (non-hydrogen) atoms. The molecule has 1 heterocycles. The number of nitrogens with two attached hydrogens (primary N) is 1. The van der Waals surface area contributed by atoms with E-state index in [1.54, 1.807) is 6.07 Å². The second kappa shape index (κ2) is 4.89. The van der Waals surface area contributed by atoms with E-state index in [1.165, 1.54) is 23.3 Å². The first-order valence-electron chi connectivity index (χ1n) is 6.46. The molecule has 3 N–H and O–H groups in total. The molecule has 0 bridgehead atoms. The highest BCUT2D eigenvalue weighted by Gasteiger charge is 2.19. The van der Waals surface area contributed by atoms with Gasteiger partial charge in [0.1, 0.15) is 5.82 Å². The minimum Gasteiger partial charge on any atom is -0.397 e. The van der Waals surface area contributed by atoms with Crippen molar-refractivity contribution in [1.82, 2.24) is 4.90 Å². The topological polar surface area (TPSA) is 41.3 Å². The molecule has 0 saturated carbocycles. The highest BCUT2D eigenvalue weighted by atomic mass is 19.1. The number of benzene rings is 2. The molecule has 0 saturated heterocycles. The smallest absolute Gasteiger partial charge is 0.125 e. The zero-order valence-electron chi connectivity index (χ0n) is 11.1. The van der Waals surface area contributed by atoms with E-state index >= 15 is 0 Å². The third kappa shape index (κ3) is 2.32. The molecule has 3 rings (SSSR count). The first-order chi connectivity index (χ1) is 9.63. The highest BCUT2D eigenvalue weighted by Crippen LogP contribution is 2.27. The van der Waals surface area contributed by atoms with Crippen LogP contribution in [0.2, 0.25) is 0 Å². The standard InChI is InChI=1S/C16H16FN3/c1-11(19-16-7-6-14(17)8-15(16)18)20-9-12-4-2-3-5-13(12)10-20/h2-8,19H,1,9-10,18H2. The number of fused-ring (bicyclic) bond motifs is 1. The Bertz CT molecular complexity index is 642. The first kappa shape index (κ1) is 12.5. The van der Waals surface area contributed by atoms with Gasteiger partial charge in [-0.2, -0.15) is 0 Å². The van der Waals surface area contributed by atoms with Gasteiger partial charge < -0.3 is 16.0 Å². The summed E-state index contributed by atoms with van der Waals surface area (Å²) in [7, 11) is 0. The van der Waals surface area contributed by atoms with Crippen LogP contribution >= 0.6 is 0 Å². The molecule has 0 unspecified atom stereocenters. The maximum Gasteiger partial charge on any atom is 0.125 e. The SMILES string of the molecule is C=C(Nc1ccc(F)cc1N)N1Cc2ccccc2C1. The predicted octanol–water partition coefficient (Wildman–Crippen LogP) is 3.31. The number of nitrogens with zero attached hydrogens (tertiary/aromatic N) is 1. The maximum atomic E-state index is 13.0. The molecule has 2 aromatic carbocycles. The summed E-state index contributed by atoms with van der Waals surface area (Å²) in [6, 6.07) is 12.6. The van der Waals surface area contributed by atoms with Crippen LogP contribution in [-0.2, 0) is 13.1 Å². The molecule has 3 nitrogen and oxygen atoms in total. The molecule has 4 heteroatoms. The van der Waals surface area contributed by atoms with Crippen LogP contribution < -0.4 is 11.1 Å². The third-order valence-corrected chi connectivity index (χ3v) is 3.52. The summed E-state index contributed by atoms with van der Waals surface area (Å²) >= 11 is 0. The highest BCUT2D eigenvalue weighted by molar-refractivity contribution is 5.67. The van der Waals surface area contributed by atoms with Crippen LogP contribution in [0.25, 0.3) is 0 Å². The van der Waals surface area contributed by atoms with Crippen LogP contribution in [0.3, 0.4) is 0 Å². The minimum atomic E-state index is -0.341. The fourth-order valence-electron chi connectivity index (χ4n) is 2.41. The lowest BCUT2D eigenvalue weighted by Crippen LogP contribution is -2.21. The summed E-state index contributed by atoms with van der Waals surface area (Å²) in [6.07, 6.45) is 0. The van der Waals surface area contributed by atoms with Crippen LogP contribution in [-0.4, -0.2) is 4.90 Å². The number of nitrogens with one attached hydrogen (secondary N) is 1. The Labute approximate surface area is 117 Å². The quantitative estimate of drug-likeness (QED) is 0.840. The summed E-state index contributed by atoms with van der Waals surface area (Å²) in [6.45, 7) is 5.69. The van der Waals surface area contributed by atoms with Crippen molar-refractivity contribution in [3.8, 4) is 0 Å². The van der Waals surface area contributed by atoms with Gasteiger partial charge in [0.15, 0.2) is 0 Å². The predicted molar refractivity (Wildman–Crippen MR) is 79.3 cm³/mol. The van der Waals surface area contributed by atoms with Gasteiger partial charge in [-0.15, -0.1) is 0 Å². The summed E-state index contributed by atoms with van der Waals surface area (Å²) in [5.74, 6) is 0.423. The Morgan fingerprint density at radius 3 is 2.40 bits per heavy atom. The third-order valence-electron chi connectivity index (χ3n) is 3.52. The molecule has 1 aliphatic rings. The zero-order chi connectivity index (χ0) is 14.1. The molecule has 0 aromatic heterocycles. The summed E-state index contributed by atoms with van der Waals surface area (Å²) in [5, 5.41) is 3.15. The molecular formula is C16H16FN3. The normalized spacial score (nSPS) is 13.2. The number of nitrogen functional groups attached to an aromatic ring is 1. The number of anilines is 2. The van der Waals surface area contributed by atoms with Crippen molar-refractivity contribution in [3.05, 3.63) is 71.8 Å². The van der Waals surface area contributed by atoms with Gasteiger partial charge >= 0.3 is 0 Å². The fraction of sp³-hybridized carbons (Fsp3) is 0.125. The van der Waals surface area contributed by atoms with Crippen LogP contribution in [0.5, 0.6) is 0 Å². The second-order valence-electron chi connectivity index (χ2n) is 4.93. The number of hydrogen-bond donors (Lipinski definition) is 2. The van der Waals surface area contributed by atoms with E-state index < -0.39 is 0 Å². The van der Waals surface area contributed by atoms with Gasteiger partial charge in [0, 0.05) is 13.1 Å².